The van der Waals surface area contributed by atoms with Crippen LogP contribution >= 0.6 is 11.6 Å². The van der Waals surface area contributed by atoms with E-state index in [1.54, 1.807) is 13.2 Å². The maximum Gasteiger partial charge on any atom is 0.270 e. The minimum Gasteiger partial charge on any atom is -0.337 e. The Morgan fingerprint density at radius 2 is 1.96 bits per heavy atom. The monoisotopic (exact) mass is 384 g/mol. The molecular formula is C19H17ClN4O3. The highest BCUT2D eigenvalue weighted by Crippen LogP contribution is 2.23. The molecule has 7 nitrogen and oxygen atoms in total. The molecule has 1 heterocycles. The molecule has 27 heavy (non-hydrogen) atoms. The number of carbonyl (C=O) groups is 1. The first-order chi connectivity index (χ1) is 12.9. The molecule has 0 N–H and O–H groups in total. The topological polar surface area (TPSA) is 81.3 Å². The average molecular weight is 385 g/mol. The molecule has 0 saturated heterocycles. The van der Waals surface area contributed by atoms with Gasteiger partial charge in [-0.15, -0.1) is 0 Å². The Bertz CT molecular complexity index is 972. The van der Waals surface area contributed by atoms with Crippen LogP contribution < -0.4 is 0 Å². The molecule has 0 saturated carbocycles. The summed E-state index contributed by atoms with van der Waals surface area (Å²) < 4.78 is 1.81. The number of hydrogen-bond acceptors (Lipinski definition) is 4. The van der Waals surface area contributed by atoms with Gasteiger partial charge in [-0.05, 0) is 11.6 Å². The maximum atomic E-state index is 12.6. The smallest absolute Gasteiger partial charge is 0.270 e. The zero-order chi connectivity index (χ0) is 19.4. The lowest BCUT2D eigenvalue weighted by Crippen LogP contribution is -2.26. The molecule has 0 radical (unpaired) electrons. The van der Waals surface area contributed by atoms with E-state index < -0.39 is 4.92 Å². The number of carbonyl (C=O) groups excluding carboxylic acids is 1. The van der Waals surface area contributed by atoms with E-state index in [4.69, 9.17) is 11.6 Å². The van der Waals surface area contributed by atoms with Crippen LogP contribution in [0.1, 0.15) is 21.5 Å². The molecule has 1 aromatic heterocycles. The van der Waals surface area contributed by atoms with Gasteiger partial charge in [0.15, 0.2) is 0 Å². The Kier molecular flexibility index (Phi) is 5.52. The summed E-state index contributed by atoms with van der Waals surface area (Å²) >= 11 is 6.04. The number of nitro groups is 1. The van der Waals surface area contributed by atoms with Crippen LogP contribution in [-0.4, -0.2) is 32.6 Å². The largest absolute Gasteiger partial charge is 0.337 e. The lowest BCUT2D eigenvalue weighted by Gasteiger charge is -2.17. The van der Waals surface area contributed by atoms with Crippen LogP contribution in [0, 0.1) is 10.1 Å². The molecule has 0 atom stereocenters. The number of rotatable bonds is 6. The van der Waals surface area contributed by atoms with E-state index in [2.05, 4.69) is 5.10 Å². The van der Waals surface area contributed by atoms with Crippen LogP contribution in [0.3, 0.4) is 0 Å². The molecule has 2 aromatic carbocycles. The first kappa shape index (κ1) is 18.6. The summed E-state index contributed by atoms with van der Waals surface area (Å²) in [6.07, 6.45) is 3.60. The van der Waals surface area contributed by atoms with Gasteiger partial charge in [-0.2, -0.15) is 5.10 Å². The Morgan fingerprint density at radius 1 is 1.22 bits per heavy atom. The molecule has 8 heteroatoms. The fourth-order valence-corrected chi connectivity index (χ4v) is 2.94. The second-order valence-corrected chi connectivity index (χ2v) is 6.52. The molecule has 0 aliphatic carbocycles. The lowest BCUT2D eigenvalue weighted by molar-refractivity contribution is -0.384. The normalized spacial score (nSPS) is 10.6. The van der Waals surface area contributed by atoms with Gasteiger partial charge in [0.2, 0.25) is 0 Å². The Labute approximate surface area is 160 Å². The van der Waals surface area contributed by atoms with Crippen molar-refractivity contribution in [1.29, 1.82) is 0 Å². The molecule has 0 aliphatic heterocycles. The third-order valence-electron chi connectivity index (χ3n) is 4.03. The van der Waals surface area contributed by atoms with Crippen molar-refractivity contribution in [3.05, 3.63) is 92.8 Å². The van der Waals surface area contributed by atoms with Crippen molar-refractivity contribution in [2.75, 3.05) is 7.05 Å². The summed E-state index contributed by atoms with van der Waals surface area (Å²) in [5.41, 5.74) is 2.08. The van der Waals surface area contributed by atoms with Gasteiger partial charge >= 0.3 is 0 Å². The standard InChI is InChI=1S/C19H17ClN4O3/c1-22(19(25)17-8-7-16(24(26)27)9-18(17)20)11-15-10-21-23(13-15)12-14-5-3-2-4-6-14/h2-10,13H,11-12H2,1H3. The molecule has 138 valence electrons. The molecule has 0 fully saturated rings. The SMILES string of the molecule is CN(Cc1cnn(Cc2ccccc2)c1)C(=O)c1ccc([N+](=O)[O-])cc1Cl. The van der Waals surface area contributed by atoms with E-state index in [0.717, 1.165) is 11.1 Å². The summed E-state index contributed by atoms with van der Waals surface area (Å²) in [6, 6.07) is 13.8. The molecule has 1 amide bonds. The molecule has 0 unspecified atom stereocenters. The highest BCUT2D eigenvalue weighted by atomic mass is 35.5. The Hall–Kier alpha value is -3.19. The summed E-state index contributed by atoms with van der Waals surface area (Å²) in [6.45, 7) is 0.994. The van der Waals surface area contributed by atoms with E-state index in [-0.39, 0.29) is 22.2 Å². The van der Waals surface area contributed by atoms with Crippen molar-refractivity contribution in [2.24, 2.45) is 0 Å². The Morgan fingerprint density at radius 3 is 2.63 bits per heavy atom. The van der Waals surface area contributed by atoms with Crippen LogP contribution in [0.2, 0.25) is 5.02 Å². The quantitative estimate of drug-likeness (QED) is 0.478. The number of non-ortho nitro benzene ring substituents is 1. The van der Waals surface area contributed by atoms with E-state index in [9.17, 15) is 14.9 Å². The molecule has 0 spiro atoms. The van der Waals surface area contributed by atoms with Gasteiger partial charge in [0.25, 0.3) is 11.6 Å². The lowest BCUT2D eigenvalue weighted by atomic mass is 10.1. The minimum absolute atomic E-state index is 0.0563. The number of aromatic nitrogens is 2. The predicted octanol–water partition coefficient (Wildman–Crippen LogP) is 3.77. The second kappa shape index (κ2) is 8.01. The van der Waals surface area contributed by atoms with Crippen molar-refractivity contribution in [2.45, 2.75) is 13.1 Å². The van der Waals surface area contributed by atoms with E-state index in [0.29, 0.717) is 13.1 Å². The number of halogens is 1. The van der Waals surface area contributed by atoms with Crippen LogP contribution in [0.5, 0.6) is 0 Å². The first-order valence-corrected chi connectivity index (χ1v) is 8.56. The Balaban J connectivity index is 1.67. The number of nitro benzene ring substituents is 1. The van der Waals surface area contributed by atoms with Gasteiger partial charge < -0.3 is 4.90 Å². The van der Waals surface area contributed by atoms with Crippen LogP contribution in [0.25, 0.3) is 0 Å². The van der Waals surface area contributed by atoms with E-state index in [1.807, 2.05) is 41.2 Å². The summed E-state index contributed by atoms with van der Waals surface area (Å²) in [4.78, 5) is 24.3. The van der Waals surface area contributed by atoms with Gasteiger partial charge in [0.05, 0.1) is 28.3 Å². The first-order valence-electron chi connectivity index (χ1n) is 8.18. The van der Waals surface area contributed by atoms with Gasteiger partial charge in [0, 0.05) is 37.5 Å². The molecular weight excluding hydrogens is 368 g/mol. The zero-order valence-corrected chi connectivity index (χ0v) is 15.3. The third kappa shape index (κ3) is 4.51. The number of nitrogens with zero attached hydrogens (tertiary/aromatic N) is 4. The van der Waals surface area contributed by atoms with Gasteiger partial charge in [-0.3, -0.25) is 19.6 Å². The number of benzene rings is 2. The van der Waals surface area contributed by atoms with Gasteiger partial charge in [0.1, 0.15) is 0 Å². The van der Waals surface area contributed by atoms with Crippen molar-refractivity contribution in [3.8, 4) is 0 Å². The number of hydrogen-bond donors (Lipinski definition) is 0. The molecule has 3 rings (SSSR count). The fourth-order valence-electron chi connectivity index (χ4n) is 2.69. The highest BCUT2D eigenvalue weighted by Gasteiger charge is 2.18. The summed E-state index contributed by atoms with van der Waals surface area (Å²) in [7, 11) is 1.65. The summed E-state index contributed by atoms with van der Waals surface area (Å²) in [5, 5.41) is 15.2. The van der Waals surface area contributed by atoms with E-state index >= 15 is 0 Å². The zero-order valence-electron chi connectivity index (χ0n) is 14.6. The van der Waals surface area contributed by atoms with Crippen LogP contribution in [0.15, 0.2) is 60.9 Å². The van der Waals surface area contributed by atoms with Crippen molar-refractivity contribution in [3.63, 3.8) is 0 Å². The predicted molar refractivity (Wildman–Crippen MR) is 102 cm³/mol. The van der Waals surface area contributed by atoms with Gasteiger partial charge in [-0.25, -0.2) is 0 Å². The van der Waals surface area contributed by atoms with Crippen molar-refractivity contribution < 1.29 is 9.72 Å². The fraction of sp³-hybridized carbons (Fsp3) is 0.158. The average Bonchev–Trinajstić information content (AvgIpc) is 3.08. The van der Waals surface area contributed by atoms with Crippen LogP contribution in [-0.2, 0) is 13.1 Å². The van der Waals surface area contributed by atoms with E-state index in [1.165, 1.54) is 23.1 Å². The van der Waals surface area contributed by atoms with Gasteiger partial charge in [-0.1, -0.05) is 41.9 Å². The summed E-state index contributed by atoms with van der Waals surface area (Å²) in [5.74, 6) is -0.314. The van der Waals surface area contributed by atoms with Crippen molar-refractivity contribution >= 4 is 23.2 Å². The molecule has 0 bridgehead atoms. The highest BCUT2D eigenvalue weighted by molar-refractivity contribution is 6.34. The third-order valence-corrected chi connectivity index (χ3v) is 4.35. The molecule has 3 aromatic rings. The maximum absolute atomic E-state index is 12.6. The minimum atomic E-state index is -0.551. The second-order valence-electron chi connectivity index (χ2n) is 6.11. The molecule has 0 aliphatic rings. The number of amides is 1. The van der Waals surface area contributed by atoms with Crippen LogP contribution in [0.4, 0.5) is 5.69 Å². The van der Waals surface area contributed by atoms with Crippen molar-refractivity contribution in [1.82, 2.24) is 14.7 Å².